The highest BCUT2D eigenvalue weighted by Gasteiger charge is 2.13. The Kier molecular flexibility index (Phi) is 5.36. The van der Waals surface area contributed by atoms with Gasteiger partial charge in [-0.25, -0.2) is 0 Å². The van der Waals surface area contributed by atoms with Crippen LogP contribution in [0.1, 0.15) is 0 Å². The Morgan fingerprint density at radius 1 is 1.50 bits per heavy atom. The predicted molar refractivity (Wildman–Crippen MR) is 53.8 cm³/mol. The van der Waals surface area contributed by atoms with Gasteiger partial charge in [0.25, 0.3) is 10.2 Å². The molecule has 0 aliphatic heterocycles. The molecule has 0 bridgehead atoms. The topological polar surface area (TPSA) is 78.5 Å². The predicted octanol–water partition coefficient (Wildman–Crippen LogP) is -1.32. The van der Waals surface area contributed by atoms with Crippen molar-refractivity contribution in [3.63, 3.8) is 0 Å². The van der Waals surface area contributed by atoms with Crippen molar-refractivity contribution in [2.24, 2.45) is 0 Å². The highest BCUT2D eigenvalue weighted by Crippen LogP contribution is 1.86. The molecule has 0 saturated heterocycles. The lowest BCUT2D eigenvalue weighted by atomic mass is 10.5. The van der Waals surface area contributed by atoms with Crippen molar-refractivity contribution in [3.05, 3.63) is 12.7 Å². The summed E-state index contributed by atoms with van der Waals surface area (Å²) in [4.78, 5) is 11.0. The van der Waals surface area contributed by atoms with E-state index < -0.39 is 16.1 Å². The molecule has 7 heteroatoms. The van der Waals surface area contributed by atoms with Gasteiger partial charge in [0, 0.05) is 20.6 Å². The van der Waals surface area contributed by atoms with Crippen LogP contribution in [0.4, 0.5) is 0 Å². The van der Waals surface area contributed by atoms with E-state index in [1.807, 2.05) is 0 Å². The molecule has 0 aromatic rings. The molecule has 0 aliphatic rings. The van der Waals surface area contributed by atoms with E-state index in [4.69, 9.17) is 0 Å². The molecule has 6 nitrogen and oxygen atoms in total. The van der Waals surface area contributed by atoms with Gasteiger partial charge < -0.3 is 5.32 Å². The molecule has 0 saturated carbocycles. The van der Waals surface area contributed by atoms with Gasteiger partial charge in [0.2, 0.25) is 5.91 Å². The molecule has 0 aromatic carbocycles. The van der Waals surface area contributed by atoms with E-state index in [0.29, 0.717) is 6.54 Å². The fourth-order valence-electron chi connectivity index (χ4n) is 0.534. The molecule has 0 unspecified atom stereocenters. The molecule has 1 amide bonds. The van der Waals surface area contributed by atoms with Crippen LogP contribution >= 0.6 is 0 Å². The molecular weight excluding hydrogens is 206 g/mol. The molecular formula is C7H15N3O3S. The monoisotopic (exact) mass is 221 g/mol. The van der Waals surface area contributed by atoms with Crippen molar-refractivity contribution in [1.82, 2.24) is 14.3 Å². The molecule has 82 valence electrons. The summed E-state index contributed by atoms with van der Waals surface area (Å²) in [7, 11) is -0.764. The third-order valence-electron chi connectivity index (χ3n) is 1.34. The number of amides is 1. The van der Waals surface area contributed by atoms with Crippen molar-refractivity contribution >= 4 is 16.1 Å². The number of carbonyl (C=O) groups is 1. The lowest BCUT2D eigenvalue weighted by Crippen LogP contribution is -2.42. The van der Waals surface area contributed by atoms with Gasteiger partial charge >= 0.3 is 0 Å². The van der Waals surface area contributed by atoms with Gasteiger partial charge in [0.05, 0.1) is 6.54 Å². The largest absolute Gasteiger partial charge is 0.352 e. The Morgan fingerprint density at radius 3 is 2.50 bits per heavy atom. The fraction of sp³-hybridized carbons (Fsp3) is 0.571. The zero-order valence-electron chi connectivity index (χ0n) is 8.28. The van der Waals surface area contributed by atoms with Crippen LogP contribution in [0.3, 0.4) is 0 Å². The van der Waals surface area contributed by atoms with Crippen LogP contribution in [-0.4, -0.2) is 45.8 Å². The molecule has 14 heavy (non-hydrogen) atoms. The van der Waals surface area contributed by atoms with Crippen LogP contribution in [-0.2, 0) is 15.0 Å². The van der Waals surface area contributed by atoms with Crippen molar-refractivity contribution in [1.29, 1.82) is 0 Å². The van der Waals surface area contributed by atoms with Crippen LogP contribution in [0.2, 0.25) is 0 Å². The van der Waals surface area contributed by atoms with E-state index in [-0.39, 0.29) is 6.54 Å². The number of nitrogens with zero attached hydrogens (tertiary/aromatic N) is 1. The Bertz CT molecular complexity index is 297. The van der Waals surface area contributed by atoms with E-state index in [9.17, 15) is 13.2 Å². The zero-order chi connectivity index (χ0) is 11.2. The van der Waals surface area contributed by atoms with Gasteiger partial charge in [-0.1, -0.05) is 6.08 Å². The summed E-state index contributed by atoms with van der Waals surface area (Å²) < 4.78 is 25.4. The molecule has 0 fully saturated rings. The van der Waals surface area contributed by atoms with Crippen LogP contribution in [0.15, 0.2) is 12.7 Å². The second kappa shape index (κ2) is 5.74. The van der Waals surface area contributed by atoms with E-state index >= 15 is 0 Å². The number of hydrogen-bond donors (Lipinski definition) is 2. The molecule has 0 aliphatic carbocycles. The van der Waals surface area contributed by atoms with Crippen molar-refractivity contribution < 1.29 is 13.2 Å². The average molecular weight is 221 g/mol. The van der Waals surface area contributed by atoms with Gasteiger partial charge in [-0.05, 0) is 0 Å². The Morgan fingerprint density at radius 2 is 2.07 bits per heavy atom. The Labute approximate surface area is 84.2 Å². The first-order chi connectivity index (χ1) is 6.40. The quantitative estimate of drug-likeness (QED) is 0.546. The van der Waals surface area contributed by atoms with E-state index in [2.05, 4.69) is 16.6 Å². The minimum atomic E-state index is -3.52. The molecule has 0 rings (SSSR count). The molecule has 0 spiro atoms. The zero-order valence-corrected chi connectivity index (χ0v) is 9.10. The van der Waals surface area contributed by atoms with E-state index in [0.717, 1.165) is 4.31 Å². The average Bonchev–Trinajstić information content (AvgIpc) is 2.11. The molecule has 0 aromatic heterocycles. The first-order valence-electron chi connectivity index (χ1n) is 3.95. The highest BCUT2D eigenvalue weighted by molar-refractivity contribution is 7.87. The Hall–Kier alpha value is -0.920. The second-order valence-corrected chi connectivity index (χ2v) is 4.67. The lowest BCUT2D eigenvalue weighted by molar-refractivity contribution is -0.119. The third kappa shape index (κ3) is 4.95. The van der Waals surface area contributed by atoms with E-state index in [1.165, 1.54) is 20.2 Å². The lowest BCUT2D eigenvalue weighted by Gasteiger charge is -2.11. The van der Waals surface area contributed by atoms with Crippen molar-refractivity contribution in [3.8, 4) is 0 Å². The second-order valence-electron chi connectivity index (χ2n) is 2.70. The van der Waals surface area contributed by atoms with Crippen LogP contribution in [0.5, 0.6) is 0 Å². The number of carbonyl (C=O) groups excluding carboxylic acids is 1. The maximum atomic E-state index is 11.1. The summed E-state index contributed by atoms with van der Waals surface area (Å²) in [6.07, 6.45) is 1.51. The number of rotatable bonds is 6. The minimum Gasteiger partial charge on any atom is -0.352 e. The van der Waals surface area contributed by atoms with Gasteiger partial charge in [-0.2, -0.15) is 17.4 Å². The Balaban J connectivity index is 3.94. The minimum absolute atomic E-state index is 0.269. The molecule has 2 N–H and O–H groups in total. The maximum Gasteiger partial charge on any atom is 0.279 e. The van der Waals surface area contributed by atoms with Crippen molar-refractivity contribution in [2.75, 3.05) is 27.2 Å². The smallest absolute Gasteiger partial charge is 0.279 e. The van der Waals surface area contributed by atoms with Gasteiger partial charge in [-0.3, -0.25) is 4.79 Å². The summed E-state index contributed by atoms with van der Waals surface area (Å²) in [5, 5.41) is 2.44. The van der Waals surface area contributed by atoms with Crippen LogP contribution in [0, 0.1) is 0 Å². The van der Waals surface area contributed by atoms with E-state index in [1.54, 1.807) is 0 Å². The number of hydrogen-bond acceptors (Lipinski definition) is 3. The standard InChI is InChI=1S/C7H15N3O3S/c1-4-5-8-7(11)6-9-14(12,13)10(2)3/h4,9H,1,5-6H2,2-3H3,(H,8,11). The fourth-order valence-corrected chi connectivity index (χ4v) is 1.11. The molecule has 0 radical (unpaired) electrons. The van der Waals surface area contributed by atoms with Gasteiger partial charge in [-0.15, -0.1) is 6.58 Å². The first kappa shape index (κ1) is 13.1. The summed E-state index contributed by atoms with van der Waals surface area (Å²) in [6, 6.07) is 0. The van der Waals surface area contributed by atoms with Crippen LogP contribution < -0.4 is 10.0 Å². The summed E-state index contributed by atoms with van der Waals surface area (Å²) in [6.45, 7) is 3.46. The van der Waals surface area contributed by atoms with Crippen LogP contribution in [0.25, 0.3) is 0 Å². The normalized spacial score (nSPS) is 11.4. The summed E-state index contributed by atoms with van der Waals surface area (Å²) in [5.41, 5.74) is 0. The summed E-state index contributed by atoms with van der Waals surface area (Å²) >= 11 is 0. The summed E-state index contributed by atoms with van der Waals surface area (Å²) in [5.74, 6) is -0.393. The van der Waals surface area contributed by atoms with Crippen molar-refractivity contribution in [2.45, 2.75) is 0 Å². The van der Waals surface area contributed by atoms with Gasteiger partial charge in [0.15, 0.2) is 0 Å². The first-order valence-corrected chi connectivity index (χ1v) is 5.39. The maximum absolute atomic E-state index is 11.1. The van der Waals surface area contributed by atoms with Gasteiger partial charge in [0.1, 0.15) is 0 Å². The third-order valence-corrected chi connectivity index (χ3v) is 2.81. The molecule has 0 atom stereocenters. The molecule has 0 heterocycles. The highest BCUT2D eigenvalue weighted by atomic mass is 32.2. The number of nitrogens with one attached hydrogen (secondary N) is 2. The SMILES string of the molecule is C=CCNC(=O)CNS(=O)(=O)N(C)C.